The first-order valence-corrected chi connectivity index (χ1v) is 8.63. The van der Waals surface area contributed by atoms with E-state index in [2.05, 4.69) is 6.58 Å². The summed E-state index contributed by atoms with van der Waals surface area (Å²) in [7, 11) is 1.64. The van der Waals surface area contributed by atoms with Crippen LogP contribution in [0.3, 0.4) is 0 Å². The van der Waals surface area contributed by atoms with Crippen molar-refractivity contribution in [1.82, 2.24) is 0 Å². The lowest BCUT2D eigenvalue weighted by molar-refractivity contribution is -0.143. The van der Waals surface area contributed by atoms with E-state index >= 15 is 0 Å². The molecule has 2 aromatic rings. The van der Waals surface area contributed by atoms with E-state index < -0.39 is 5.41 Å². The molecule has 3 rings (SSSR count). The van der Waals surface area contributed by atoms with Crippen molar-refractivity contribution < 1.29 is 19.0 Å². The third-order valence-corrected chi connectivity index (χ3v) is 4.45. The van der Waals surface area contributed by atoms with E-state index in [1.54, 1.807) is 13.2 Å². The summed E-state index contributed by atoms with van der Waals surface area (Å²) in [6.45, 7) is 9.47. The molecule has 0 fully saturated rings. The van der Waals surface area contributed by atoms with Crippen molar-refractivity contribution in [2.45, 2.75) is 32.8 Å². The molecule has 0 aromatic heterocycles. The van der Waals surface area contributed by atoms with Crippen LogP contribution in [0, 0.1) is 5.41 Å². The molecule has 0 saturated carbocycles. The Balaban J connectivity index is 1.97. The zero-order valence-electron chi connectivity index (χ0n) is 15.6. The number of carbonyl (C=O) groups is 1. The number of carbonyl (C=O) groups excluding carboxylic acids is 1. The fraction of sp³-hybridized carbons (Fsp3) is 0.318. The lowest BCUT2D eigenvalue weighted by Gasteiger charge is -2.22. The molecule has 4 heteroatoms. The molecule has 0 radical (unpaired) electrons. The highest BCUT2D eigenvalue weighted by Crippen LogP contribution is 2.49. The number of hydrogen-bond donors (Lipinski definition) is 0. The SMILES string of the molecule is C=C[C@@H]1c2cc(OC)ccc2O[C@@H]1c1ccccc1OC(=O)C(C)(C)C. The lowest BCUT2D eigenvalue weighted by Crippen LogP contribution is -2.26. The average Bonchev–Trinajstić information content (AvgIpc) is 2.98. The van der Waals surface area contributed by atoms with Crippen molar-refractivity contribution in [3.8, 4) is 17.2 Å². The second-order valence-corrected chi connectivity index (χ2v) is 7.38. The van der Waals surface area contributed by atoms with Crippen LogP contribution in [-0.4, -0.2) is 13.1 Å². The number of esters is 1. The molecular formula is C22H24O4. The Hall–Kier alpha value is -2.75. The average molecular weight is 352 g/mol. The van der Waals surface area contributed by atoms with Crippen molar-refractivity contribution >= 4 is 5.97 Å². The van der Waals surface area contributed by atoms with Gasteiger partial charge in [0.05, 0.1) is 12.5 Å². The van der Waals surface area contributed by atoms with Crippen molar-refractivity contribution in [2.75, 3.05) is 7.11 Å². The first-order valence-electron chi connectivity index (χ1n) is 8.63. The Morgan fingerprint density at radius 3 is 2.54 bits per heavy atom. The largest absolute Gasteiger partial charge is 0.497 e. The molecule has 4 nitrogen and oxygen atoms in total. The maximum absolute atomic E-state index is 12.4. The van der Waals surface area contributed by atoms with Crippen molar-refractivity contribution in [3.63, 3.8) is 0 Å². The zero-order chi connectivity index (χ0) is 18.9. The van der Waals surface area contributed by atoms with E-state index in [0.717, 1.165) is 22.6 Å². The van der Waals surface area contributed by atoms with Crippen LogP contribution in [0.4, 0.5) is 0 Å². The van der Waals surface area contributed by atoms with Crippen LogP contribution < -0.4 is 14.2 Å². The van der Waals surface area contributed by atoms with Gasteiger partial charge in [0.15, 0.2) is 0 Å². The third-order valence-electron chi connectivity index (χ3n) is 4.45. The number of hydrogen-bond acceptors (Lipinski definition) is 4. The topological polar surface area (TPSA) is 44.8 Å². The molecule has 0 aliphatic carbocycles. The number of rotatable bonds is 4. The summed E-state index contributed by atoms with van der Waals surface area (Å²) in [5, 5.41) is 0. The molecule has 0 unspecified atom stereocenters. The Bertz CT molecular complexity index is 832. The van der Waals surface area contributed by atoms with Gasteiger partial charge in [0.2, 0.25) is 0 Å². The fourth-order valence-electron chi connectivity index (χ4n) is 2.96. The molecule has 0 amide bonds. The van der Waals surface area contributed by atoms with E-state index in [9.17, 15) is 4.79 Å². The van der Waals surface area contributed by atoms with Crippen LogP contribution in [-0.2, 0) is 4.79 Å². The monoisotopic (exact) mass is 352 g/mol. The molecule has 0 N–H and O–H groups in total. The second-order valence-electron chi connectivity index (χ2n) is 7.38. The summed E-state index contributed by atoms with van der Waals surface area (Å²) in [4.78, 5) is 12.4. The van der Waals surface area contributed by atoms with Gasteiger partial charge in [-0.2, -0.15) is 0 Å². The van der Waals surface area contributed by atoms with E-state index in [-0.39, 0.29) is 18.0 Å². The van der Waals surface area contributed by atoms with Gasteiger partial charge in [0.25, 0.3) is 0 Å². The Labute approximate surface area is 154 Å². The molecule has 136 valence electrons. The van der Waals surface area contributed by atoms with Gasteiger partial charge in [0, 0.05) is 17.0 Å². The summed E-state index contributed by atoms with van der Waals surface area (Å²) in [5.74, 6) is 1.74. The summed E-state index contributed by atoms with van der Waals surface area (Å²) in [5.41, 5.74) is 1.25. The normalized spacial score (nSPS) is 18.6. The number of benzene rings is 2. The van der Waals surface area contributed by atoms with Gasteiger partial charge in [-0.3, -0.25) is 4.79 Å². The van der Waals surface area contributed by atoms with Crippen LogP contribution in [0.1, 0.15) is 43.9 Å². The van der Waals surface area contributed by atoms with E-state index in [1.807, 2.05) is 63.2 Å². The molecule has 0 bridgehead atoms. The van der Waals surface area contributed by atoms with Gasteiger partial charge >= 0.3 is 5.97 Å². The van der Waals surface area contributed by atoms with Gasteiger partial charge in [-0.05, 0) is 45.0 Å². The number of para-hydroxylation sites is 1. The predicted octanol–water partition coefficient (Wildman–Crippen LogP) is 5.05. The number of methoxy groups -OCH3 is 1. The van der Waals surface area contributed by atoms with Crippen molar-refractivity contribution in [3.05, 3.63) is 66.2 Å². The number of fused-ring (bicyclic) bond motifs is 1. The summed E-state index contributed by atoms with van der Waals surface area (Å²) in [6.07, 6.45) is 1.55. The first kappa shape index (κ1) is 18.1. The standard InChI is InChI=1S/C22H24O4/c1-6-15-17-13-14(24-5)11-12-19(17)25-20(15)16-9-7-8-10-18(16)26-21(23)22(2,3)4/h6-13,15,20H,1H2,2-5H3/t15-,20+/m1/s1. The maximum Gasteiger partial charge on any atom is 0.316 e. The smallest absolute Gasteiger partial charge is 0.316 e. The predicted molar refractivity (Wildman–Crippen MR) is 101 cm³/mol. The first-order chi connectivity index (χ1) is 12.3. The zero-order valence-corrected chi connectivity index (χ0v) is 15.6. The van der Waals surface area contributed by atoms with Gasteiger partial charge in [0.1, 0.15) is 23.4 Å². The van der Waals surface area contributed by atoms with Crippen LogP contribution in [0.2, 0.25) is 0 Å². The molecular weight excluding hydrogens is 328 g/mol. The van der Waals surface area contributed by atoms with Gasteiger partial charge < -0.3 is 14.2 Å². The molecule has 0 spiro atoms. The minimum absolute atomic E-state index is 0.0606. The lowest BCUT2D eigenvalue weighted by atomic mass is 9.90. The van der Waals surface area contributed by atoms with E-state index in [4.69, 9.17) is 14.2 Å². The Morgan fingerprint density at radius 1 is 1.15 bits per heavy atom. The second kappa shape index (κ2) is 6.87. The minimum atomic E-state index is -0.586. The molecule has 1 aliphatic rings. The summed E-state index contributed by atoms with van der Waals surface area (Å²) >= 11 is 0. The Kier molecular flexibility index (Phi) is 4.77. The van der Waals surface area contributed by atoms with Crippen molar-refractivity contribution in [2.24, 2.45) is 5.41 Å². The molecule has 1 aliphatic heterocycles. The van der Waals surface area contributed by atoms with Crippen molar-refractivity contribution in [1.29, 1.82) is 0 Å². The molecule has 2 aromatic carbocycles. The van der Waals surface area contributed by atoms with Gasteiger partial charge in [-0.25, -0.2) is 0 Å². The highest BCUT2D eigenvalue weighted by molar-refractivity contribution is 5.78. The highest BCUT2D eigenvalue weighted by Gasteiger charge is 2.36. The van der Waals surface area contributed by atoms with Crippen LogP contribution in [0.5, 0.6) is 17.2 Å². The van der Waals surface area contributed by atoms with Gasteiger partial charge in [-0.15, -0.1) is 6.58 Å². The van der Waals surface area contributed by atoms with E-state index in [1.165, 1.54) is 0 Å². The van der Waals surface area contributed by atoms with Crippen LogP contribution in [0.15, 0.2) is 55.1 Å². The minimum Gasteiger partial charge on any atom is -0.497 e. The van der Waals surface area contributed by atoms with Gasteiger partial charge in [-0.1, -0.05) is 24.3 Å². The molecule has 26 heavy (non-hydrogen) atoms. The van der Waals surface area contributed by atoms with Crippen LogP contribution in [0.25, 0.3) is 0 Å². The molecule has 1 heterocycles. The summed E-state index contributed by atoms with van der Waals surface area (Å²) < 4.78 is 17.2. The molecule has 0 saturated heterocycles. The highest BCUT2D eigenvalue weighted by atomic mass is 16.5. The third kappa shape index (κ3) is 3.32. The maximum atomic E-state index is 12.4. The van der Waals surface area contributed by atoms with E-state index in [0.29, 0.717) is 5.75 Å². The fourth-order valence-corrected chi connectivity index (χ4v) is 2.96. The quantitative estimate of drug-likeness (QED) is 0.439. The Morgan fingerprint density at radius 2 is 1.88 bits per heavy atom. The molecule has 2 atom stereocenters. The summed E-state index contributed by atoms with van der Waals surface area (Å²) in [6, 6.07) is 13.2. The van der Waals surface area contributed by atoms with Crippen LogP contribution >= 0.6 is 0 Å². The number of ether oxygens (including phenoxy) is 3.